The summed E-state index contributed by atoms with van der Waals surface area (Å²) in [5, 5.41) is 9.48. The quantitative estimate of drug-likeness (QED) is 0.558. The van der Waals surface area contributed by atoms with Crippen LogP contribution in [0.15, 0.2) is 53.9 Å². The molecule has 1 aromatic carbocycles. The minimum Gasteiger partial charge on any atom is -0.492 e. The number of carbonyl (C=O) groups is 1. The molecule has 0 aliphatic carbocycles. The molecule has 0 spiro atoms. The van der Waals surface area contributed by atoms with Gasteiger partial charge in [0.25, 0.3) is 5.91 Å². The molecule has 0 atom stereocenters. The van der Waals surface area contributed by atoms with Gasteiger partial charge >= 0.3 is 0 Å². The number of aromatic nitrogens is 3. The number of hydrogen-bond donors (Lipinski definition) is 1. The van der Waals surface area contributed by atoms with E-state index in [4.69, 9.17) is 4.74 Å². The largest absolute Gasteiger partial charge is 0.492 e. The average molecular weight is 378 g/mol. The van der Waals surface area contributed by atoms with E-state index < -0.39 is 0 Å². The summed E-state index contributed by atoms with van der Waals surface area (Å²) in [6.07, 6.45) is 0. The first-order valence-electron chi connectivity index (χ1n) is 8.60. The van der Waals surface area contributed by atoms with Gasteiger partial charge in [0.1, 0.15) is 17.1 Å². The van der Waals surface area contributed by atoms with Gasteiger partial charge in [0.15, 0.2) is 5.65 Å². The van der Waals surface area contributed by atoms with Gasteiger partial charge in [-0.3, -0.25) is 4.79 Å². The first kappa shape index (κ1) is 17.2. The monoisotopic (exact) mass is 378 g/mol. The molecule has 27 heavy (non-hydrogen) atoms. The van der Waals surface area contributed by atoms with Crippen LogP contribution in [0, 0.1) is 6.92 Å². The molecule has 1 amide bonds. The van der Waals surface area contributed by atoms with Gasteiger partial charge in [-0.05, 0) is 43.5 Å². The Kier molecular flexibility index (Phi) is 4.60. The van der Waals surface area contributed by atoms with E-state index in [0.29, 0.717) is 29.4 Å². The fourth-order valence-electron chi connectivity index (χ4n) is 2.82. The van der Waals surface area contributed by atoms with E-state index in [2.05, 4.69) is 15.4 Å². The number of benzene rings is 1. The van der Waals surface area contributed by atoms with E-state index in [1.54, 1.807) is 21.9 Å². The molecule has 0 radical (unpaired) electrons. The maximum absolute atomic E-state index is 12.7. The molecular weight excluding hydrogens is 360 g/mol. The number of thiophene rings is 1. The molecular formula is C20H18N4O2S. The Morgan fingerprint density at radius 3 is 2.85 bits per heavy atom. The van der Waals surface area contributed by atoms with Crippen LogP contribution in [0.5, 0.6) is 5.75 Å². The van der Waals surface area contributed by atoms with E-state index in [1.165, 1.54) is 0 Å². The van der Waals surface area contributed by atoms with Gasteiger partial charge in [-0.1, -0.05) is 18.2 Å². The first-order chi connectivity index (χ1) is 13.2. The van der Waals surface area contributed by atoms with Crippen LogP contribution in [0.4, 0.5) is 5.69 Å². The lowest BCUT2D eigenvalue weighted by Gasteiger charge is -2.11. The van der Waals surface area contributed by atoms with Gasteiger partial charge in [0.05, 0.1) is 17.2 Å². The van der Waals surface area contributed by atoms with Crippen molar-refractivity contribution in [1.29, 1.82) is 0 Å². The number of hydrogen-bond acceptors (Lipinski definition) is 5. The molecule has 0 aliphatic heterocycles. The summed E-state index contributed by atoms with van der Waals surface area (Å²) in [5.41, 5.74) is 3.29. The van der Waals surface area contributed by atoms with Crippen LogP contribution in [-0.4, -0.2) is 27.1 Å². The van der Waals surface area contributed by atoms with Crippen LogP contribution in [0.2, 0.25) is 0 Å². The van der Waals surface area contributed by atoms with Crippen molar-refractivity contribution in [2.24, 2.45) is 0 Å². The lowest BCUT2D eigenvalue weighted by atomic mass is 10.2. The number of anilines is 1. The molecule has 1 N–H and O–H groups in total. The summed E-state index contributed by atoms with van der Waals surface area (Å²) in [5.74, 6) is 0.349. The fourth-order valence-corrected chi connectivity index (χ4v) is 3.51. The number of ether oxygens (including phenoxy) is 1. The van der Waals surface area contributed by atoms with E-state index in [-0.39, 0.29) is 5.91 Å². The predicted octanol–water partition coefficient (Wildman–Crippen LogP) is 4.42. The van der Waals surface area contributed by atoms with Gasteiger partial charge in [0, 0.05) is 11.8 Å². The number of fused-ring (bicyclic) bond motifs is 1. The van der Waals surface area contributed by atoms with E-state index in [9.17, 15) is 4.79 Å². The van der Waals surface area contributed by atoms with Crippen LogP contribution in [-0.2, 0) is 0 Å². The number of nitrogens with zero attached hydrogens (tertiary/aromatic N) is 3. The lowest BCUT2D eigenvalue weighted by molar-refractivity contribution is 0.102. The van der Waals surface area contributed by atoms with Crippen LogP contribution in [0.3, 0.4) is 0 Å². The van der Waals surface area contributed by atoms with E-state index in [1.807, 2.05) is 61.7 Å². The second-order valence-corrected chi connectivity index (χ2v) is 6.89. The Morgan fingerprint density at radius 1 is 1.22 bits per heavy atom. The average Bonchev–Trinajstić information content (AvgIpc) is 3.33. The third-order valence-corrected chi connectivity index (χ3v) is 4.94. The number of carbonyl (C=O) groups excluding carboxylic acids is 1. The molecule has 0 saturated heterocycles. The third-order valence-electron chi connectivity index (χ3n) is 4.05. The van der Waals surface area contributed by atoms with E-state index >= 15 is 0 Å². The Labute approximate surface area is 160 Å². The van der Waals surface area contributed by atoms with Crippen molar-refractivity contribution in [3.05, 3.63) is 65.3 Å². The highest BCUT2D eigenvalue weighted by Gasteiger charge is 2.15. The van der Waals surface area contributed by atoms with Crippen molar-refractivity contribution >= 4 is 28.6 Å². The van der Waals surface area contributed by atoms with Crippen molar-refractivity contribution in [1.82, 2.24) is 14.6 Å². The smallest absolute Gasteiger partial charge is 0.274 e. The third kappa shape index (κ3) is 3.41. The highest BCUT2D eigenvalue weighted by Crippen LogP contribution is 2.26. The second-order valence-electron chi connectivity index (χ2n) is 5.94. The van der Waals surface area contributed by atoms with Gasteiger partial charge < -0.3 is 10.1 Å². The number of nitrogens with one attached hydrogen (secondary N) is 1. The molecule has 4 rings (SSSR count). The summed E-state index contributed by atoms with van der Waals surface area (Å²) in [6, 6.07) is 15.0. The Bertz CT molecular complexity index is 1100. The Hall–Kier alpha value is -3.19. The molecule has 7 heteroatoms. The normalized spacial score (nSPS) is 10.9. The molecule has 3 aromatic heterocycles. The maximum atomic E-state index is 12.7. The topological polar surface area (TPSA) is 68.5 Å². The molecule has 0 aliphatic rings. The zero-order valence-corrected chi connectivity index (χ0v) is 15.8. The van der Waals surface area contributed by atoms with Gasteiger partial charge in [-0.2, -0.15) is 5.10 Å². The van der Waals surface area contributed by atoms with Crippen LogP contribution in [0.1, 0.15) is 23.1 Å². The summed E-state index contributed by atoms with van der Waals surface area (Å²) >= 11 is 1.62. The van der Waals surface area contributed by atoms with Gasteiger partial charge in [-0.15, -0.1) is 11.3 Å². The summed E-state index contributed by atoms with van der Waals surface area (Å²) < 4.78 is 7.31. The Balaban J connectivity index is 1.66. The highest BCUT2D eigenvalue weighted by atomic mass is 32.1. The number of aryl methyl sites for hydroxylation is 1. The zero-order chi connectivity index (χ0) is 18.8. The predicted molar refractivity (Wildman–Crippen MR) is 107 cm³/mol. The molecule has 4 aromatic rings. The maximum Gasteiger partial charge on any atom is 0.274 e. The highest BCUT2D eigenvalue weighted by molar-refractivity contribution is 7.13. The van der Waals surface area contributed by atoms with Crippen LogP contribution >= 0.6 is 11.3 Å². The fraction of sp³-hybridized carbons (Fsp3) is 0.150. The minimum absolute atomic E-state index is 0.286. The second kappa shape index (κ2) is 7.20. The van der Waals surface area contributed by atoms with E-state index in [0.717, 1.165) is 16.3 Å². The summed E-state index contributed by atoms with van der Waals surface area (Å²) in [7, 11) is 0. The SMILES string of the molecule is CCOc1ccccc1NC(=O)c1cc(C)n2nc(-c3cccs3)cc2n1. The zero-order valence-electron chi connectivity index (χ0n) is 15.0. The molecule has 0 saturated carbocycles. The van der Waals surface area contributed by atoms with Gasteiger partial charge in [0.2, 0.25) is 0 Å². The molecule has 6 nitrogen and oxygen atoms in total. The molecule has 3 heterocycles. The number of amides is 1. The van der Waals surface area contributed by atoms with Crippen molar-refractivity contribution < 1.29 is 9.53 Å². The van der Waals surface area contributed by atoms with Crippen LogP contribution < -0.4 is 10.1 Å². The molecule has 0 bridgehead atoms. The lowest BCUT2D eigenvalue weighted by Crippen LogP contribution is -2.16. The van der Waals surface area contributed by atoms with Crippen molar-refractivity contribution in [3.63, 3.8) is 0 Å². The summed E-state index contributed by atoms with van der Waals surface area (Å²) in [6.45, 7) is 4.34. The van der Waals surface area contributed by atoms with Crippen LogP contribution in [0.25, 0.3) is 16.2 Å². The first-order valence-corrected chi connectivity index (χ1v) is 9.48. The molecule has 0 fully saturated rings. The van der Waals surface area contributed by atoms with Gasteiger partial charge in [-0.25, -0.2) is 9.50 Å². The van der Waals surface area contributed by atoms with Crippen molar-refractivity contribution in [2.45, 2.75) is 13.8 Å². The summed E-state index contributed by atoms with van der Waals surface area (Å²) in [4.78, 5) is 18.3. The molecule has 0 unspecified atom stereocenters. The Morgan fingerprint density at radius 2 is 2.07 bits per heavy atom. The minimum atomic E-state index is -0.286. The standard InChI is InChI=1S/C20H18N4O2S/c1-3-26-17-8-5-4-7-14(17)22-20(25)16-11-13(2)24-19(21-16)12-15(23-24)18-9-6-10-27-18/h4-12H,3H2,1-2H3,(H,22,25). The number of para-hydroxylation sites is 2. The number of rotatable bonds is 5. The van der Waals surface area contributed by atoms with Crippen molar-refractivity contribution in [3.8, 4) is 16.3 Å². The molecule has 136 valence electrons. The van der Waals surface area contributed by atoms with Crippen molar-refractivity contribution in [2.75, 3.05) is 11.9 Å².